The Morgan fingerprint density at radius 1 is 1.30 bits per heavy atom. The molecule has 0 aromatic heterocycles. The monoisotopic (exact) mass is 271 g/mol. The van der Waals surface area contributed by atoms with Gasteiger partial charge in [-0.2, -0.15) is 0 Å². The molecule has 1 atom stereocenters. The molecule has 1 aromatic carbocycles. The first-order valence-electron chi connectivity index (χ1n) is 7.63. The molecular formula is C18H25NO. The third kappa shape index (κ3) is 3.23. The molecular weight excluding hydrogens is 246 g/mol. The Morgan fingerprint density at radius 3 is 2.60 bits per heavy atom. The van der Waals surface area contributed by atoms with Gasteiger partial charge in [-0.25, -0.2) is 0 Å². The minimum atomic E-state index is 0.159. The van der Waals surface area contributed by atoms with E-state index in [-0.39, 0.29) is 5.41 Å². The van der Waals surface area contributed by atoms with Crippen LogP contribution in [0.3, 0.4) is 0 Å². The van der Waals surface area contributed by atoms with Crippen LogP contribution in [0.1, 0.15) is 38.2 Å². The zero-order valence-electron chi connectivity index (χ0n) is 12.4. The summed E-state index contributed by atoms with van der Waals surface area (Å²) in [6.07, 6.45) is 9.47. The second kappa shape index (κ2) is 7.47. The van der Waals surface area contributed by atoms with E-state index in [4.69, 9.17) is 11.2 Å². The Balaban J connectivity index is 2.31. The number of terminal acetylenes is 1. The minimum Gasteiger partial charge on any atom is -0.381 e. The van der Waals surface area contributed by atoms with Crippen molar-refractivity contribution in [1.29, 1.82) is 0 Å². The van der Waals surface area contributed by atoms with Crippen molar-refractivity contribution in [3.63, 3.8) is 0 Å². The molecule has 1 unspecified atom stereocenters. The molecule has 0 amide bonds. The van der Waals surface area contributed by atoms with Gasteiger partial charge in [-0.1, -0.05) is 37.3 Å². The summed E-state index contributed by atoms with van der Waals surface area (Å²) in [5.41, 5.74) is 1.58. The average molecular weight is 271 g/mol. The Hall–Kier alpha value is -1.30. The molecule has 1 N–H and O–H groups in total. The first kappa shape index (κ1) is 15.1. The van der Waals surface area contributed by atoms with Crippen molar-refractivity contribution in [3.05, 3.63) is 35.9 Å². The van der Waals surface area contributed by atoms with Crippen molar-refractivity contribution in [2.75, 3.05) is 19.8 Å². The molecule has 2 nitrogen and oxygen atoms in total. The SMILES string of the molecule is C#CCCC(NCC)C1(c2ccccc2)CCOCC1. The average Bonchev–Trinajstić information content (AvgIpc) is 2.53. The Kier molecular flexibility index (Phi) is 5.64. The summed E-state index contributed by atoms with van der Waals surface area (Å²) in [6, 6.07) is 11.3. The fourth-order valence-corrected chi connectivity index (χ4v) is 3.39. The molecule has 2 heteroatoms. The molecule has 1 saturated heterocycles. The maximum absolute atomic E-state index is 5.61. The van der Waals surface area contributed by atoms with Gasteiger partial charge < -0.3 is 10.1 Å². The van der Waals surface area contributed by atoms with Crippen LogP contribution < -0.4 is 5.32 Å². The predicted molar refractivity (Wildman–Crippen MR) is 83.7 cm³/mol. The minimum absolute atomic E-state index is 0.159. The number of benzene rings is 1. The largest absolute Gasteiger partial charge is 0.381 e. The first-order chi connectivity index (χ1) is 9.83. The summed E-state index contributed by atoms with van der Waals surface area (Å²) in [7, 11) is 0. The van der Waals surface area contributed by atoms with Gasteiger partial charge in [-0.15, -0.1) is 12.3 Å². The van der Waals surface area contributed by atoms with Crippen LogP contribution in [0.4, 0.5) is 0 Å². The van der Waals surface area contributed by atoms with E-state index in [2.05, 4.69) is 48.5 Å². The Morgan fingerprint density at radius 2 is 2.00 bits per heavy atom. The molecule has 20 heavy (non-hydrogen) atoms. The molecule has 0 aliphatic carbocycles. The fourth-order valence-electron chi connectivity index (χ4n) is 3.39. The van der Waals surface area contributed by atoms with Crippen molar-refractivity contribution in [3.8, 4) is 12.3 Å². The second-order valence-electron chi connectivity index (χ2n) is 5.49. The van der Waals surface area contributed by atoms with Crippen molar-refractivity contribution in [2.24, 2.45) is 0 Å². The van der Waals surface area contributed by atoms with Gasteiger partial charge in [0.05, 0.1) is 0 Å². The summed E-state index contributed by atoms with van der Waals surface area (Å²) in [4.78, 5) is 0. The smallest absolute Gasteiger partial charge is 0.0475 e. The topological polar surface area (TPSA) is 21.3 Å². The van der Waals surface area contributed by atoms with E-state index >= 15 is 0 Å². The Bertz CT molecular complexity index is 428. The lowest BCUT2D eigenvalue weighted by atomic mass is 9.67. The van der Waals surface area contributed by atoms with Crippen molar-refractivity contribution in [2.45, 2.75) is 44.1 Å². The number of nitrogens with one attached hydrogen (secondary N) is 1. The Labute approximate surface area is 122 Å². The van der Waals surface area contributed by atoms with Gasteiger partial charge in [-0.05, 0) is 31.4 Å². The van der Waals surface area contributed by atoms with Crippen LogP contribution in [-0.4, -0.2) is 25.8 Å². The third-order valence-corrected chi connectivity index (χ3v) is 4.43. The molecule has 108 valence electrons. The third-order valence-electron chi connectivity index (χ3n) is 4.43. The van der Waals surface area contributed by atoms with Gasteiger partial charge in [0.1, 0.15) is 0 Å². The molecule has 0 saturated carbocycles. The van der Waals surface area contributed by atoms with Crippen LogP contribution in [0.15, 0.2) is 30.3 Å². The summed E-state index contributed by atoms with van der Waals surface area (Å²) in [6.45, 7) is 4.82. The van der Waals surface area contributed by atoms with E-state index in [0.717, 1.165) is 45.4 Å². The summed E-state index contributed by atoms with van der Waals surface area (Å²) < 4.78 is 5.61. The molecule has 1 aliphatic heterocycles. The fraction of sp³-hybridized carbons (Fsp3) is 0.556. The van der Waals surface area contributed by atoms with E-state index in [0.29, 0.717) is 6.04 Å². The zero-order valence-corrected chi connectivity index (χ0v) is 12.4. The highest BCUT2D eigenvalue weighted by molar-refractivity contribution is 5.28. The van der Waals surface area contributed by atoms with E-state index in [1.54, 1.807) is 0 Å². The van der Waals surface area contributed by atoms with Crippen molar-refractivity contribution < 1.29 is 4.74 Å². The molecule has 0 spiro atoms. The molecule has 1 heterocycles. The van der Waals surface area contributed by atoms with Gasteiger partial charge in [0.25, 0.3) is 0 Å². The molecule has 0 bridgehead atoms. The lowest BCUT2D eigenvalue weighted by molar-refractivity contribution is 0.0334. The first-order valence-corrected chi connectivity index (χ1v) is 7.63. The zero-order chi connectivity index (χ0) is 14.3. The molecule has 0 radical (unpaired) electrons. The molecule has 1 aliphatic rings. The lowest BCUT2D eigenvalue weighted by Gasteiger charge is -2.44. The number of rotatable bonds is 6. The van der Waals surface area contributed by atoms with Crippen LogP contribution in [0.2, 0.25) is 0 Å². The van der Waals surface area contributed by atoms with E-state index < -0.39 is 0 Å². The van der Waals surface area contributed by atoms with Gasteiger partial charge in [0, 0.05) is 31.1 Å². The maximum Gasteiger partial charge on any atom is 0.0475 e. The highest BCUT2D eigenvalue weighted by Gasteiger charge is 2.40. The molecule has 2 rings (SSSR count). The summed E-state index contributed by atoms with van der Waals surface area (Å²) in [5, 5.41) is 3.68. The number of likely N-dealkylation sites (N-methyl/N-ethyl adjacent to an activating group) is 1. The van der Waals surface area contributed by atoms with Crippen molar-refractivity contribution >= 4 is 0 Å². The number of hydrogen-bond donors (Lipinski definition) is 1. The summed E-state index contributed by atoms with van der Waals surface area (Å²) in [5.74, 6) is 2.79. The van der Waals surface area contributed by atoms with Crippen LogP contribution in [0.5, 0.6) is 0 Å². The number of ether oxygens (including phenoxy) is 1. The van der Waals surface area contributed by atoms with Crippen LogP contribution >= 0.6 is 0 Å². The standard InChI is InChI=1S/C18H25NO/c1-3-5-11-17(19-4-2)18(12-14-20-15-13-18)16-9-7-6-8-10-16/h1,6-10,17,19H,4-5,11-15H2,2H3. The van der Waals surface area contributed by atoms with E-state index in [9.17, 15) is 0 Å². The predicted octanol–water partition coefficient (Wildman–Crippen LogP) is 3.13. The summed E-state index contributed by atoms with van der Waals surface area (Å²) >= 11 is 0. The van der Waals surface area contributed by atoms with Gasteiger partial charge in [0.15, 0.2) is 0 Å². The normalized spacial score (nSPS) is 19.2. The van der Waals surface area contributed by atoms with Gasteiger partial charge in [-0.3, -0.25) is 0 Å². The second-order valence-corrected chi connectivity index (χ2v) is 5.49. The maximum atomic E-state index is 5.61. The highest BCUT2D eigenvalue weighted by atomic mass is 16.5. The lowest BCUT2D eigenvalue weighted by Crippen LogP contribution is -2.51. The van der Waals surface area contributed by atoms with E-state index in [1.807, 2.05) is 0 Å². The van der Waals surface area contributed by atoms with Crippen LogP contribution in [0, 0.1) is 12.3 Å². The number of hydrogen-bond acceptors (Lipinski definition) is 2. The quantitative estimate of drug-likeness (QED) is 0.803. The molecule has 1 aromatic rings. The molecule has 1 fully saturated rings. The van der Waals surface area contributed by atoms with Crippen molar-refractivity contribution in [1.82, 2.24) is 5.32 Å². The van der Waals surface area contributed by atoms with Gasteiger partial charge in [0.2, 0.25) is 0 Å². The van der Waals surface area contributed by atoms with E-state index in [1.165, 1.54) is 5.56 Å². The highest BCUT2D eigenvalue weighted by Crippen LogP contribution is 2.39. The van der Waals surface area contributed by atoms with Crippen LogP contribution in [-0.2, 0) is 10.2 Å². The van der Waals surface area contributed by atoms with Crippen LogP contribution in [0.25, 0.3) is 0 Å². The van der Waals surface area contributed by atoms with Gasteiger partial charge >= 0.3 is 0 Å².